The highest BCUT2D eigenvalue weighted by Crippen LogP contribution is 2.30. The van der Waals surface area contributed by atoms with Gasteiger partial charge in [0.05, 0.1) is 0 Å². The second kappa shape index (κ2) is 5.31. The first-order valence-corrected chi connectivity index (χ1v) is 6.68. The number of hydrogen-bond acceptors (Lipinski definition) is 2. The van der Waals surface area contributed by atoms with E-state index in [9.17, 15) is 0 Å². The first-order valence-electron chi connectivity index (χ1n) is 6.68. The van der Waals surface area contributed by atoms with E-state index in [0.29, 0.717) is 0 Å². The average molecular weight is 210 g/mol. The Bertz CT molecular complexity index is 181. The van der Waals surface area contributed by atoms with Gasteiger partial charge in [0.15, 0.2) is 0 Å². The van der Waals surface area contributed by atoms with Gasteiger partial charge in [0.25, 0.3) is 0 Å². The number of piperidine rings is 1. The van der Waals surface area contributed by atoms with Gasteiger partial charge in [-0.1, -0.05) is 19.3 Å². The van der Waals surface area contributed by atoms with Gasteiger partial charge in [-0.3, -0.25) is 0 Å². The highest BCUT2D eigenvalue weighted by atomic mass is 15.1. The van der Waals surface area contributed by atoms with Crippen LogP contribution < -0.4 is 5.32 Å². The van der Waals surface area contributed by atoms with Crippen molar-refractivity contribution in [3.63, 3.8) is 0 Å². The maximum Gasteiger partial charge on any atom is 0.00938 e. The standard InChI is InChI=1S/C13H26N2/c1-11(10-12-4-3-5-12)14-13-6-8-15(2)9-7-13/h11-14H,3-10H2,1-2H3. The molecule has 2 fully saturated rings. The lowest BCUT2D eigenvalue weighted by molar-refractivity contribution is 0.207. The zero-order valence-electron chi connectivity index (χ0n) is 10.3. The molecule has 1 saturated heterocycles. The van der Waals surface area contributed by atoms with E-state index in [4.69, 9.17) is 0 Å². The van der Waals surface area contributed by atoms with E-state index in [2.05, 4.69) is 24.2 Å². The van der Waals surface area contributed by atoms with Crippen molar-refractivity contribution < 1.29 is 0 Å². The number of nitrogens with zero attached hydrogens (tertiary/aromatic N) is 1. The zero-order valence-corrected chi connectivity index (χ0v) is 10.3. The minimum Gasteiger partial charge on any atom is -0.311 e. The summed E-state index contributed by atoms with van der Waals surface area (Å²) in [5.41, 5.74) is 0. The molecule has 0 aromatic heterocycles. The van der Waals surface area contributed by atoms with Crippen molar-refractivity contribution in [3.05, 3.63) is 0 Å². The maximum atomic E-state index is 3.81. The van der Waals surface area contributed by atoms with E-state index in [-0.39, 0.29) is 0 Å². The fraction of sp³-hybridized carbons (Fsp3) is 1.00. The Morgan fingerprint density at radius 3 is 2.40 bits per heavy atom. The van der Waals surface area contributed by atoms with Gasteiger partial charge in [0.1, 0.15) is 0 Å². The van der Waals surface area contributed by atoms with E-state index < -0.39 is 0 Å². The molecule has 2 rings (SSSR count). The van der Waals surface area contributed by atoms with Crippen LogP contribution in [0.1, 0.15) is 45.4 Å². The fourth-order valence-corrected chi connectivity index (χ4v) is 2.87. The second-order valence-corrected chi connectivity index (χ2v) is 5.68. The van der Waals surface area contributed by atoms with Crippen molar-refractivity contribution in [2.24, 2.45) is 5.92 Å². The van der Waals surface area contributed by atoms with Crippen LogP contribution in [0.25, 0.3) is 0 Å². The summed E-state index contributed by atoms with van der Waals surface area (Å²) in [4.78, 5) is 2.44. The Kier molecular flexibility index (Phi) is 4.04. The molecular weight excluding hydrogens is 184 g/mol. The van der Waals surface area contributed by atoms with Crippen molar-refractivity contribution >= 4 is 0 Å². The van der Waals surface area contributed by atoms with E-state index in [0.717, 1.165) is 18.0 Å². The lowest BCUT2D eigenvalue weighted by atomic mass is 9.81. The van der Waals surface area contributed by atoms with Crippen molar-refractivity contribution in [2.75, 3.05) is 20.1 Å². The van der Waals surface area contributed by atoms with Gasteiger partial charge in [-0.25, -0.2) is 0 Å². The molecule has 0 radical (unpaired) electrons. The van der Waals surface area contributed by atoms with Crippen LogP contribution in [0.15, 0.2) is 0 Å². The van der Waals surface area contributed by atoms with Crippen LogP contribution in [0.4, 0.5) is 0 Å². The predicted octanol–water partition coefficient (Wildman–Crippen LogP) is 2.25. The van der Waals surface area contributed by atoms with Crippen LogP contribution in [0.5, 0.6) is 0 Å². The molecule has 1 saturated carbocycles. The Balaban J connectivity index is 1.62. The SMILES string of the molecule is CC(CC1CCC1)NC1CCN(C)CC1. The Morgan fingerprint density at radius 1 is 1.20 bits per heavy atom. The molecule has 0 spiro atoms. The molecule has 0 bridgehead atoms. The monoisotopic (exact) mass is 210 g/mol. The Hall–Kier alpha value is -0.0800. The van der Waals surface area contributed by atoms with Crippen LogP contribution in [0.2, 0.25) is 0 Å². The van der Waals surface area contributed by atoms with Crippen LogP contribution in [-0.4, -0.2) is 37.1 Å². The predicted molar refractivity (Wildman–Crippen MR) is 65.1 cm³/mol. The third kappa shape index (κ3) is 3.46. The minimum atomic E-state index is 0.740. The maximum absolute atomic E-state index is 3.81. The number of nitrogens with one attached hydrogen (secondary N) is 1. The van der Waals surface area contributed by atoms with E-state index in [1.54, 1.807) is 0 Å². The number of rotatable bonds is 4. The van der Waals surface area contributed by atoms with Crippen molar-refractivity contribution in [1.29, 1.82) is 0 Å². The molecule has 1 unspecified atom stereocenters. The quantitative estimate of drug-likeness (QED) is 0.765. The van der Waals surface area contributed by atoms with Gasteiger partial charge in [0.2, 0.25) is 0 Å². The fourth-order valence-electron chi connectivity index (χ4n) is 2.87. The average Bonchev–Trinajstić information content (AvgIpc) is 2.16. The molecule has 15 heavy (non-hydrogen) atoms. The summed E-state index contributed by atoms with van der Waals surface area (Å²) in [6.07, 6.45) is 8.54. The Labute approximate surface area is 94.4 Å². The summed E-state index contributed by atoms with van der Waals surface area (Å²) in [6, 6.07) is 1.53. The van der Waals surface area contributed by atoms with Crippen molar-refractivity contribution in [3.8, 4) is 0 Å². The molecule has 2 heteroatoms. The zero-order chi connectivity index (χ0) is 10.7. The lowest BCUT2D eigenvalue weighted by Gasteiger charge is -2.34. The first kappa shape index (κ1) is 11.4. The molecular formula is C13H26N2. The summed E-state index contributed by atoms with van der Waals surface area (Å²) < 4.78 is 0. The number of hydrogen-bond donors (Lipinski definition) is 1. The first-order chi connectivity index (χ1) is 7.24. The van der Waals surface area contributed by atoms with Gasteiger partial charge in [0, 0.05) is 12.1 Å². The smallest absolute Gasteiger partial charge is 0.00938 e. The second-order valence-electron chi connectivity index (χ2n) is 5.68. The molecule has 0 aromatic carbocycles. The molecule has 1 N–H and O–H groups in total. The third-order valence-electron chi connectivity index (χ3n) is 4.15. The largest absolute Gasteiger partial charge is 0.311 e. The van der Waals surface area contributed by atoms with E-state index in [1.165, 1.54) is 51.6 Å². The van der Waals surface area contributed by atoms with Gasteiger partial charge in [-0.05, 0) is 52.2 Å². The summed E-state index contributed by atoms with van der Waals surface area (Å²) in [5, 5.41) is 3.81. The molecule has 1 heterocycles. The summed E-state index contributed by atoms with van der Waals surface area (Å²) in [5.74, 6) is 1.04. The third-order valence-corrected chi connectivity index (χ3v) is 4.15. The van der Waals surface area contributed by atoms with Crippen LogP contribution in [-0.2, 0) is 0 Å². The normalized spacial score (nSPS) is 27.6. The van der Waals surface area contributed by atoms with E-state index >= 15 is 0 Å². The highest BCUT2D eigenvalue weighted by molar-refractivity contribution is 4.81. The lowest BCUT2D eigenvalue weighted by Crippen LogP contribution is -2.45. The summed E-state index contributed by atoms with van der Waals surface area (Å²) in [7, 11) is 2.23. The van der Waals surface area contributed by atoms with Crippen LogP contribution >= 0.6 is 0 Å². The van der Waals surface area contributed by atoms with Gasteiger partial charge in [-0.15, -0.1) is 0 Å². The topological polar surface area (TPSA) is 15.3 Å². The van der Waals surface area contributed by atoms with Crippen LogP contribution in [0.3, 0.4) is 0 Å². The van der Waals surface area contributed by atoms with Gasteiger partial charge < -0.3 is 10.2 Å². The molecule has 0 amide bonds. The molecule has 1 atom stereocenters. The van der Waals surface area contributed by atoms with E-state index in [1.807, 2.05) is 0 Å². The molecule has 2 nitrogen and oxygen atoms in total. The molecule has 88 valence electrons. The summed E-state index contributed by atoms with van der Waals surface area (Å²) >= 11 is 0. The molecule has 0 aromatic rings. The van der Waals surface area contributed by atoms with Crippen LogP contribution in [0, 0.1) is 5.92 Å². The highest BCUT2D eigenvalue weighted by Gasteiger charge is 2.22. The Morgan fingerprint density at radius 2 is 1.87 bits per heavy atom. The molecule has 2 aliphatic rings. The molecule has 1 aliphatic heterocycles. The van der Waals surface area contributed by atoms with Gasteiger partial charge in [-0.2, -0.15) is 0 Å². The molecule has 1 aliphatic carbocycles. The van der Waals surface area contributed by atoms with Crippen molar-refractivity contribution in [1.82, 2.24) is 10.2 Å². The summed E-state index contributed by atoms with van der Waals surface area (Å²) in [6.45, 7) is 4.91. The van der Waals surface area contributed by atoms with Gasteiger partial charge >= 0.3 is 0 Å². The number of likely N-dealkylation sites (tertiary alicyclic amines) is 1. The van der Waals surface area contributed by atoms with Crippen molar-refractivity contribution in [2.45, 2.75) is 57.5 Å². The minimum absolute atomic E-state index is 0.740.